The summed E-state index contributed by atoms with van der Waals surface area (Å²) in [7, 11) is 0. The van der Waals surface area contributed by atoms with Gasteiger partial charge < -0.3 is 10.1 Å². The molecule has 0 aliphatic carbocycles. The first-order chi connectivity index (χ1) is 12.9. The third-order valence-corrected chi connectivity index (χ3v) is 3.61. The number of hydrogen-bond donors (Lipinski definition) is 2. The smallest absolute Gasteiger partial charge is 0.339 e. The number of nitrogens with zero attached hydrogens (tertiary/aromatic N) is 1. The van der Waals surface area contributed by atoms with Gasteiger partial charge in [0, 0.05) is 18.2 Å². The fourth-order valence-electron chi connectivity index (χ4n) is 2.24. The second-order valence-electron chi connectivity index (χ2n) is 5.50. The van der Waals surface area contributed by atoms with Gasteiger partial charge in [-0.15, -0.1) is 0 Å². The second kappa shape index (κ2) is 9.09. The van der Waals surface area contributed by atoms with Gasteiger partial charge in [-0.05, 0) is 18.6 Å². The SMILES string of the molecule is Cc1c(C(=O)OCC(=O)NC(=O)NCc2ccccc2)cccc1[N+](=O)[O-]. The van der Waals surface area contributed by atoms with Crippen LogP contribution in [0.1, 0.15) is 21.5 Å². The molecule has 0 atom stereocenters. The summed E-state index contributed by atoms with van der Waals surface area (Å²) in [4.78, 5) is 45.7. The summed E-state index contributed by atoms with van der Waals surface area (Å²) in [6, 6.07) is 12.3. The van der Waals surface area contributed by atoms with E-state index in [4.69, 9.17) is 4.74 Å². The van der Waals surface area contributed by atoms with E-state index in [1.165, 1.54) is 25.1 Å². The van der Waals surface area contributed by atoms with Crippen LogP contribution in [0.25, 0.3) is 0 Å². The molecule has 9 nitrogen and oxygen atoms in total. The van der Waals surface area contributed by atoms with Gasteiger partial charge in [0.05, 0.1) is 10.5 Å². The number of imide groups is 1. The standard InChI is InChI=1S/C18H17N3O6/c1-12-14(8-5-9-15(12)21(25)26)17(23)27-11-16(22)20-18(24)19-10-13-6-3-2-4-7-13/h2-9H,10-11H2,1H3,(H2,19,20,22,24). The van der Waals surface area contributed by atoms with Crippen molar-refractivity contribution in [3.8, 4) is 0 Å². The number of amides is 3. The van der Waals surface area contributed by atoms with Gasteiger partial charge in [-0.3, -0.25) is 20.2 Å². The molecule has 0 fully saturated rings. The van der Waals surface area contributed by atoms with Crippen LogP contribution in [0.5, 0.6) is 0 Å². The quantitative estimate of drug-likeness (QED) is 0.455. The molecule has 0 bridgehead atoms. The van der Waals surface area contributed by atoms with Crippen LogP contribution in [0.15, 0.2) is 48.5 Å². The van der Waals surface area contributed by atoms with Gasteiger partial charge in [0.1, 0.15) is 0 Å². The molecule has 0 spiro atoms. The minimum absolute atomic E-state index is 0.0227. The Labute approximate surface area is 154 Å². The van der Waals surface area contributed by atoms with Crippen LogP contribution in [0, 0.1) is 17.0 Å². The number of urea groups is 1. The van der Waals surface area contributed by atoms with Crippen molar-refractivity contribution in [2.24, 2.45) is 0 Å². The van der Waals surface area contributed by atoms with E-state index in [0.29, 0.717) is 0 Å². The summed E-state index contributed by atoms with van der Waals surface area (Å²) in [5.74, 6) is -1.71. The number of nitro benzene ring substituents is 1. The van der Waals surface area contributed by atoms with Gasteiger partial charge >= 0.3 is 12.0 Å². The molecule has 0 aliphatic heterocycles. The number of ether oxygens (including phenoxy) is 1. The molecule has 27 heavy (non-hydrogen) atoms. The lowest BCUT2D eigenvalue weighted by atomic mass is 10.1. The maximum atomic E-state index is 12.0. The minimum Gasteiger partial charge on any atom is -0.452 e. The molecular formula is C18H17N3O6. The number of rotatable bonds is 6. The molecule has 2 rings (SSSR count). The van der Waals surface area contributed by atoms with Crippen molar-refractivity contribution in [1.82, 2.24) is 10.6 Å². The second-order valence-corrected chi connectivity index (χ2v) is 5.50. The molecule has 2 N–H and O–H groups in total. The van der Waals surface area contributed by atoms with Crippen molar-refractivity contribution in [2.45, 2.75) is 13.5 Å². The van der Waals surface area contributed by atoms with Crippen LogP contribution in [0.4, 0.5) is 10.5 Å². The Kier molecular flexibility index (Phi) is 6.59. The van der Waals surface area contributed by atoms with E-state index in [9.17, 15) is 24.5 Å². The zero-order chi connectivity index (χ0) is 19.8. The number of benzene rings is 2. The zero-order valence-electron chi connectivity index (χ0n) is 14.4. The molecule has 140 valence electrons. The highest BCUT2D eigenvalue weighted by Gasteiger charge is 2.20. The molecule has 3 amide bonds. The van der Waals surface area contributed by atoms with Crippen LogP contribution >= 0.6 is 0 Å². The lowest BCUT2D eigenvalue weighted by Gasteiger charge is -2.09. The lowest BCUT2D eigenvalue weighted by Crippen LogP contribution is -2.41. The Morgan fingerprint density at radius 1 is 1.07 bits per heavy atom. The van der Waals surface area contributed by atoms with Crippen molar-refractivity contribution in [2.75, 3.05) is 6.61 Å². The van der Waals surface area contributed by atoms with Gasteiger partial charge in [0.15, 0.2) is 6.61 Å². The number of nitro groups is 1. The zero-order valence-corrected chi connectivity index (χ0v) is 14.4. The Hall–Kier alpha value is -3.75. The first-order valence-corrected chi connectivity index (χ1v) is 7.91. The van der Waals surface area contributed by atoms with E-state index in [2.05, 4.69) is 5.32 Å². The number of esters is 1. The van der Waals surface area contributed by atoms with E-state index in [-0.39, 0.29) is 23.4 Å². The fraction of sp³-hybridized carbons (Fsp3) is 0.167. The molecule has 2 aromatic carbocycles. The van der Waals surface area contributed by atoms with Crippen molar-refractivity contribution >= 4 is 23.6 Å². The Bertz CT molecular complexity index is 867. The van der Waals surface area contributed by atoms with Crippen LogP contribution in [-0.4, -0.2) is 29.4 Å². The van der Waals surface area contributed by atoms with Crippen LogP contribution in [0.3, 0.4) is 0 Å². The molecule has 0 heterocycles. The van der Waals surface area contributed by atoms with E-state index in [1.54, 1.807) is 0 Å². The maximum Gasteiger partial charge on any atom is 0.339 e. The number of hydrogen-bond acceptors (Lipinski definition) is 6. The van der Waals surface area contributed by atoms with Gasteiger partial charge in [0.25, 0.3) is 11.6 Å². The molecule has 0 saturated heterocycles. The summed E-state index contributed by atoms with van der Waals surface area (Å²) in [5.41, 5.74) is 0.737. The molecule has 2 aromatic rings. The normalized spacial score (nSPS) is 9.96. The van der Waals surface area contributed by atoms with Gasteiger partial charge in [-0.2, -0.15) is 0 Å². The largest absolute Gasteiger partial charge is 0.452 e. The number of carbonyl (C=O) groups excluding carboxylic acids is 3. The van der Waals surface area contributed by atoms with E-state index in [1.807, 2.05) is 35.6 Å². The average Bonchev–Trinajstić information content (AvgIpc) is 2.65. The predicted octanol–water partition coefficient (Wildman–Crippen LogP) is 2.09. The van der Waals surface area contributed by atoms with E-state index >= 15 is 0 Å². The lowest BCUT2D eigenvalue weighted by molar-refractivity contribution is -0.385. The first kappa shape index (κ1) is 19.6. The summed E-state index contributed by atoms with van der Waals surface area (Å²) < 4.78 is 4.82. The van der Waals surface area contributed by atoms with Crippen molar-refractivity contribution < 1.29 is 24.0 Å². The predicted molar refractivity (Wildman–Crippen MR) is 94.9 cm³/mol. The van der Waals surface area contributed by atoms with Gasteiger partial charge in [0.2, 0.25) is 0 Å². The molecular weight excluding hydrogens is 354 g/mol. The topological polar surface area (TPSA) is 128 Å². The summed E-state index contributed by atoms with van der Waals surface area (Å²) in [6.45, 7) is 0.943. The summed E-state index contributed by atoms with van der Waals surface area (Å²) >= 11 is 0. The maximum absolute atomic E-state index is 12.0. The summed E-state index contributed by atoms with van der Waals surface area (Å²) in [6.07, 6.45) is 0. The van der Waals surface area contributed by atoms with E-state index in [0.717, 1.165) is 5.56 Å². The molecule has 0 unspecified atom stereocenters. The summed E-state index contributed by atoms with van der Waals surface area (Å²) in [5, 5.41) is 15.4. The average molecular weight is 371 g/mol. The van der Waals surface area contributed by atoms with E-state index < -0.39 is 29.4 Å². The third-order valence-electron chi connectivity index (χ3n) is 3.61. The highest BCUT2D eigenvalue weighted by atomic mass is 16.6. The van der Waals surface area contributed by atoms with Gasteiger partial charge in [-0.1, -0.05) is 36.4 Å². The molecule has 0 saturated carbocycles. The third kappa shape index (κ3) is 5.63. The molecule has 9 heteroatoms. The monoisotopic (exact) mass is 371 g/mol. The number of nitrogens with one attached hydrogen (secondary N) is 2. The van der Waals surface area contributed by atoms with Crippen molar-refractivity contribution in [3.05, 3.63) is 75.3 Å². The number of carbonyl (C=O) groups is 3. The molecule has 0 aliphatic rings. The first-order valence-electron chi connectivity index (χ1n) is 7.91. The van der Waals surface area contributed by atoms with Crippen LogP contribution < -0.4 is 10.6 Å². The van der Waals surface area contributed by atoms with Crippen molar-refractivity contribution in [3.63, 3.8) is 0 Å². The minimum atomic E-state index is -0.893. The highest BCUT2D eigenvalue weighted by molar-refractivity contribution is 5.97. The molecule has 0 aromatic heterocycles. The van der Waals surface area contributed by atoms with Crippen molar-refractivity contribution in [1.29, 1.82) is 0 Å². The Morgan fingerprint density at radius 2 is 1.78 bits per heavy atom. The Morgan fingerprint density at radius 3 is 2.44 bits per heavy atom. The highest BCUT2D eigenvalue weighted by Crippen LogP contribution is 2.21. The van der Waals surface area contributed by atoms with Crippen LogP contribution in [-0.2, 0) is 16.1 Å². The fourth-order valence-corrected chi connectivity index (χ4v) is 2.24. The van der Waals surface area contributed by atoms with Gasteiger partial charge in [-0.25, -0.2) is 9.59 Å². The van der Waals surface area contributed by atoms with Crippen LogP contribution in [0.2, 0.25) is 0 Å². The molecule has 0 radical (unpaired) electrons. The Balaban J connectivity index is 1.83.